The van der Waals surface area contributed by atoms with Crippen molar-refractivity contribution in [2.45, 2.75) is 25.3 Å². The Morgan fingerprint density at radius 1 is 1.47 bits per heavy atom. The van der Waals surface area contributed by atoms with Gasteiger partial charge in [-0.05, 0) is 38.6 Å². The van der Waals surface area contributed by atoms with Crippen LogP contribution in [-0.2, 0) is 0 Å². The third-order valence-corrected chi connectivity index (χ3v) is 3.82. The minimum atomic E-state index is 0.564. The number of nitrogens with two attached hydrogens (primary N) is 1. The van der Waals surface area contributed by atoms with Gasteiger partial charge < -0.3 is 20.4 Å². The van der Waals surface area contributed by atoms with Gasteiger partial charge in [0.25, 0.3) is 6.01 Å². The van der Waals surface area contributed by atoms with Gasteiger partial charge in [-0.3, -0.25) is 0 Å². The fourth-order valence-electron chi connectivity index (χ4n) is 2.62. The Morgan fingerprint density at radius 2 is 2.37 bits per heavy atom. The van der Waals surface area contributed by atoms with Crippen LogP contribution in [0.5, 0.6) is 0 Å². The van der Waals surface area contributed by atoms with E-state index in [4.69, 9.17) is 10.2 Å². The number of hydrogen-bond donors (Lipinski definition) is 2. The molecule has 2 heterocycles. The molecule has 102 valence electrons. The van der Waals surface area contributed by atoms with Gasteiger partial charge in [0.05, 0.1) is 0 Å². The summed E-state index contributed by atoms with van der Waals surface area (Å²) in [5.74, 6) is 0. The number of benzene rings is 1. The van der Waals surface area contributed by atoms with Crippen molar-refractivity contribution in [2.24, 2.45) is 0 Å². The molecule has 1 aliphatic rings. The monoisotopic (exact) mass is 260 g/mol. The number of likely N-dealkylation sites (N-methyl/N-ethyl adjacent to an activating group) is 1. The molecule has 0 spiro atoms. The maximum absolute atomic E-state index is 5.73. The van der Waals surface area contributed by atoms with E-state index in [0.29, 0.717) is 17.7 Å². The molecule has 1 aromatic heterocycles. The van der Waals surface area contributed by atoms with E-state index < -0.39 is 0 Å². The fraction of sp³-hybridized carbons (Fsp3) is 0.500. The lowest BCUT2D eigenvalue weighted by atomic mass is 10.0. The Hall–Kier alpha value is -1.75. The maximum atomic E-state index is 5.73. The highest BCUT2D eigenvalue weighted by molar-refractivity contribution is 5.78. The second kappa shape index (κ2) is 5.09. The summed E-state index contributed by atoms with van der Waals surface area (Å²) >= 11 is 0. The lowest BCUT2D eigenvalue weighted by molar-refractivity contribution is 0.194. The zero-order valence-corrected chi connectivity index (χ0v) is 11.2. The summed E-state index contributed by atoms with van der Waals surface area (Å²) in [6, 6.07) is 6.67. The molecule has 0 amide bonds. The van der Waals surface area contributed by atoms with E-state index in [9.17, 15) is 0 Å². The predicted octanol–water partition coefficient (Wildman–Crippen LogP) is 2.31. The Bertz CT molecular complexity index is 566. The van der Waals surface area contributed by atoms with E-state index in [-0.39, 0.29) is 0 Å². The molecule has 1 saturated heterocycles. The second-order valence-electron chi connectivity index (χ2n) is 5.26. The van der Waals surface area contributed by atoms with E-state index in [1.54, 1.807) is 6.07 Å². The Morgan fingerprint density at radius 3 is 3.21 bits per heavy atom. The highest BCUT2D eigenvalue weighted by Crippen LogP contribution is 2.22. The van der Waals surface area contributed by atoms with Gasteiger partial charge in [0, 0.05) is 24.3 Å². The molecule has 1 aliphatic heterocycles. The van der Waals surface area contributed by atoms with Gasteiger partial charge in [-0.25, -0.2) is 0 Å². The van der Waals surface area contributed by atoms with Crippen molar-refractivity contribution in [2.75, 3.05) is 31.2 Å². The largest absolute Gasteiger partial charge is 0.423 e. The first-order valence-corrected chi connectivity index (χ1v) is 6.82. The molecule has 2 aromatic rings. The summed E-state index contributed by atoms with van der Waals surface area (Å²) in [6.45, 7) is 2.05. The normalized spacial score (nSPS) is 20.8. The lowest BCUT2D eigenvalue weighted by Crippen LogP contribution is -2.40. The third kappa shape index (κ3) is 2.66. The number of rotatable bonds is 3. The number of oxazole rings is 1. The molecule has 5 heteroatoms. The SMILES string of the molecule is CN1CCCCC1CNc1nc2ccc(N)cc2o1. The minimum Gasteiger partial charge on any atom is -0.423 e. The van der Waals surface area contributed by atoms with Crippen LogP contribution in [0.15, 0.2) is 22.6 Å². The van der Waals surface area contributed by atoms with Gasteiger partial charge in [-0.1, -0.05) is 6.42 Å². The Balaban J connectivity index is 1.68. The van der Waals surface area contributed by atoms with E-state index >= 15 is 0 Å². The van der Waals surface area contributed by atoms with Crippen LogP contribution in [0.25, 0.3) is 11.1 Å². The smallest absolute Gasteiger partial charge is 0.295 e. The number of nitrogen functional groups attached to an aromatic ring is 1. The molecule has 1 fully saturated rings. The number of likely N-dealkylation sites (tertiary alicyclic amines) is 1. The van der Waals surface area contributed by atoms with Crippen molar-refractivity contribution < 1.29 is 4.42 Å². The zero-order valence-electron chi connectivity index (χ0n) is 11.2. The van der Waals surface area contributed by atoms with Crippen LogP contribution in [-0.4, -0.2) is 36.1 Å². The van der Waals surface area contributed by atoms with Crippen LogP contribution in [0.2, 0.25) is 0 Å². The number of hydrogen-bond acceptors (Lipinski definition) is 5. The lowest BCUT2D eigenvalue weighted by Gasteiger charge is -2.32. The summed E-state index contributed by atoms with van der Waals surface area (Å²) in [5, 5.41) is 3.29. The van der Waals surface area contributed by atoms with Gasteiger partial charge in [0.15, 0.2) is 5.58 Å². The molecule has 0 saturated carbocycles. The molecule has 1 aromatic carbocycles. The van der Waals surface area contributed by atoms with Crippen LogP contribution in [0.4, 0.5) is 11.7 Å². The van der Waals surface area contributed by atoms with Gasteiger partial charge in [0.2, 0.25) is 0 Å². The highest BCUT2D eigenvalue weighted by Gasteiger charge is 2.19. The number of aromatic nitrogens is 1. The number of anilines is 2. The first-order chi connectivity index (χ1) is 9.22. The average molecular weight is 260 g/mol. The van der Waals surface area contributed by atoms with Crippen molar-refractivity contribution in [1.82, 2.24) is 9.88 Å². The molecular formula is C14H20N4O. The summed E-state index contributed by atoms with van der Waals surface area (Å²) in [6.07, 6.45) is 3.84. The van der Waals surface area contributed by atoms with Crippen LogP contribution in [0, 0.1) is 0 Å². The van der Waals surface area contributed by atoms with Gasteiger partial charge in [-0.2, -0.15) is 4.98 Å². The number of nitrogens with one attached hydrogen (secondary N) is 1. The van der Waals surface area contributed by atoms with Crippen molar-refractivity contribution in [1.29, 1.82) is 0 Å². The fourth-order valence-corrected chi connectivity index (χ4v) is 2.62. The van der Waals surface area contributed by atoms with Crippen LogP contribution < -0.4 is 11.1 Å². The Kier molecular flexibility index (Phi) is 3.29. The van der Waals surface area contributed by atoms with E-state index in [1.807, 2.05) is 12.1 Å². The summed E-state index contributed by atoms with van der Waals surface area (Å²) in [5.41, 5.74) is 8.00. The first kappa shape index (κ1) is 12.3. The molecule has 3 rings (SSSR count). The molecule has 5 nitrogen and oxygen atoms in total. The predicted molar refractivity (Wildman–Crippen MR) is 77.2 cm³/mol. The molecule has 1 atom stereocenters. The number of nitrogens with zero attached hydrogens (tertiary/aromatic N) is 2. The third-order valence-electron chi connectivity index (χ3n) is 3.82. The molecule has 3 N–H and O–H groups in total. The van der Waals surface area contributed by atoms with E-state index in [1.165, 1.54) is 25.8 Å². The first-order valence-electron chi connectivity index (χ1n) is 6.82. The topological polar surface area (TPSA) is 67.3 Å². The Labute approximate surface area is 112 Å². The number of piperidine rings is 1. The van der Waals surface area contributed by atoms with Crippen molar-refractivity contribution in [3.8, 4) is 0 Å². The van der Waals surface area contributed by atoms with Gasteiger partial charge in [-0.15, -0.1) is 0 Å². The van der Waals surface area contributed by atoms with Crippen molar-refractivity contribution in [3.63, 3.8) is 0 Å². The van der Waals surface area contributed by atoms with E-state index in [2.05, 4.69) is 22.2 Å². The molecule has 0 bridgehead atoms. The van der Waals surface area contributed by atoms with Gasteiger partial charge in [0.1, 0.15) is 5.52 Å². The zero-order chi connectivity index (χ0) is 13.2. The maximum Gasteiger partial charge on any atom is 0.295 e. The summed E-state index contributed by atoms with van der Waals surface area (Å²) < 4.78 is 5.65. The van der Waals surface area contributed by atoms with Gasteiger partial charge >= 0.3 is 0 Å². The molecule has 1 unspecified atom stereocenters. The van der Waals surface area contributed by atoms with E-state index in [0.717, 1.165) is 17.6 Å². The summed E-state index contributed by atoms with van der Waals surface area (Å²) in [4.78, 5) is 6.81. The average Bonchev–Trinajstić information content (AvgIpc) is 2.79. The summed E-state index contributed by atoms with van der Waals surface area (Å²) in [7, 11) is 2.18. The van der Waals surface area contributed by atoms with Crippen molar-refractivity contribution in [3.05, 3.63) is 18.2 Å². The van der Waals surface area contributed by atoms with Crippen LogP contribution >= 0.6 is 0 Å². The standard InChI is InChI=1S/C14H20N4O/c1-18-7-3-2-4-11(18)9-16-14-17-12-6-5-10(15)8-13(12)19-14/h5-6,8,11H,2-4,7,9,15H2,1H3,(H,16,17). The molecular weight excluding hydrogens is 240 g/mol. The van der Waals surface area contributed by atoms with Crippen LogP contribution in [0.3, 0.4) is 0 Å². The number of fused-ring (bicyclic) bond motifs is 1. The highest BCUT2D eigenvalue weighted by atomic mass is 16.4. The molecule has 0 aliphatic carbocycles. The molecule has 0 radical (unpaired) electrons. The molecule has 19 heavy (non-hydrogen) atoms. The van der Waals surface area contributed by atoms with Crippen LogP contribution in [0.1, 0.15) is 19.3 Å². The quantitative estimate of drug-likeness (QED) is 0.829. The van der Waals surface area contributed by atoms with Crippen molar-refractivity contribution >= 4 is 22.8 Å². The second-order valence-corrected chi connectivity index (χ2v) is 5.26. The minimum absolute atomic E-state index is 0.564.